The maximum atomic E-state index is 5.87. The van der Waals surface area contributed by atoms with Crippen LogP contribution in [-0.2, 0) is 6.54 Å². The molecule has 1 saturated heterocycles. The Kier molecular flexibility index (Phi) is 3.66. The number of hydrogen-bond donors (Lipinski definition) is 1. The zero-order chi connectivity index (χ0) is 14.1. The lowest BCUT2D eigenvalue weighted by Crippen LogP contribution is -2.38. The molecule has 2 nitrogen and oxygen atoms in total. The van der Waals surface area contributed by atoms with Crippen molar-refractivity contribution in [2.24, 2.45) is 17.6 Å². The molecule has 2 aromatic rings. The average molecular weight is 268 g/mol. The van der Waals surface area contributed by atoms with Gasteiger partial charge in [0.1, 0.15) is 0 Å². The summed E-state index contributed by atoms with van der Waals surface area (Å²) in [5.41, 5.74) is 8.48. The van der Waals surface area contributed by atoms with E-state index in [-0.39, 0.29) is 0 Å². The van der Waals surface area contributed by atoms with Crippen LogP contribution < -0.4 is 10.6 Å². The molecule has 0 aliphatic carbocycles. The Labute approximate surface area is 121 Å². The molecule has 1 aliphatic heterocycles. The fourth-order valence-electron chi connectivity index (χ4n) is 3.28. The van der Waals surface area contributed by atoms with Crippen LogP contribution in [0, 0.1) is 11.8 Å². The monoisotopic (exact) mass is 268 g/mol. The molecule has 0 aromatic heterocycles. The molecule has 0 radical (unpaired) electrons. The molecular weight excluding hydrogens is 244 g/mol. The molecule has 2 heteroatoms. The minimum absolute atomic E-state index is 0.605. The Balaban J connectivity index is 2.04. The first-order valence-corrected chi connectivity index (χ1v) is 7.66. The van der Waals surface area contributed by atoms with E-state index in [1.807, 2.05) is 0 Å². The van der Waals surface area contributed by atoms with Gasteiger partial charge >= 0.3 is 0 Å². The molecule has 0 amide bonds. The molecule has 20 heavy (non-hydrogen) atoms. The Morgan fingerprint density at radius 3 is 2.50 bits per heavy atom. The molecule has 1 heterocycles. The van der Waals surface area contributed by atoms with Gasteiger partial charge in [0.15, 0.2) is 0 Å². The molecule has 106 valence electrons. The fourth-order valence-corrected chi connectivity index (χ4v) is 3.28. The van der Waals surface area contributed by atoms with Crippen LogP contribution in [0.3, 0.4) is 0 Å². The topological polar surface area (TPSA) is 29.3 Å². The molecule has 2 N–H and O–H groups in total. The van der Waals surface area contributed by atoms with Crippen LogP contribution in [0.15, 0.2) is 36.4 Å². The first-order valence-electron chi connectivity index (χ1n) is 7.66. The Morgan fingerprint density at radius 2 is 1.80 bits per heavy atom. The van der Waals surface area contributed by atoms with Crippen LogP contribution in [0.2, 0.25) is 0 Å². The Hall–Kier alpha value is -1.54. The molecule has 3 rings (SSSR count). The molecule has 0 spiro atoms. The van der Waals surface area contributed by atoms with Crippen molar-refractivity contribution in [3.05, 3.63) is 42.0 Å². The summed E-state index contributed by atoms with van der Waals surface area (Å²) in [7, 11) is 0. The molecule has 1 fully saturated rings. The van der Waals surface area contributed by atoms with E-state index in [0.717, 1.165) is 24.9 Å². The van der Waals surface area contributed by atoms with E-state index < -0.39 is 0 Å². The molecule has 2 aromatic carbocycles. The van der Waals surface area contributed by atoms with Gasteiger partial charge in [0.25, 0.3) is 0 Å². The minimum Gasteiger partial charge on any atom is -0.371 e. The zero-order valence-electron chi connectivity index (χ0n) is 12.5. The lowest BCUT2D eigenvalue weighted by molar-refractivity contribution is 0.324. The van der Waals surface area contributed by atoms with Crippen molar-refractivity contribution in [3.63, 3.8) is 0 Å². The summed E-state index contributed by atoms with van der Waals surface area (Å²) in [5.74, 6) is 1.59. The van der Waals surface area contributed by atoms with Gasteiger partial charge in [-0.3, -0.25) is 0 Å². The summed E-state index contributed by atoms with van der Waals surface area (Å²) in [4.78, 5) is 2.55. The van der Waals surface area contributed by atoms with Crippen LogP contribution in [0.5, 0.6) is 0 Å². The maximum absolute atomic E-state index is 5.87. The number of anilines is 1. The van der Waals surface area contributed by atoms with Crippen molar-refractivity contribution in [3.8, 4) is 0 Å². The van der Waals surface area contributed by atoms with Gasteiger partial charge in [0.05, 0.1) is 0 Å². The van der Waals surface area contributed by atoms with Gasteiger partial charge in [-0.1, -0.05) is 44.2 Å². The molecule has 2 unspecified atom stereocenters. The van der Waals surface area contributed by atoms with E-state index in [0.29, 0.717) is 6.54 Å². The van der Waals surface area contributed by atoms with Crippen molar-refractivity contribution in [2.45, 2.75) is 26.8 Å². The molecular formula is C18H24N2. The highest BCUT2D eigenvalue weighted by atomic mass is 15.1. The number of nitrogens with zero attached hydrogens (tertiary/aromatic N) is 1. The number of nitrogens with two attached hydrogens (primary N) is 1. The van der Waals surface area contributed by atoms with Crippen molar-refractivity contribution in [1.29, 1.82) is 0 Å². The highest BCUT2D eigenvalue weighted by Crippen LogP contribution is 2.33. The van der Waals surface area contributed by atoms with E-state index in [4.69, 9.17) is 5.73 Å². The predicted molar refractivity (Wildman–Crippen MR) is 87.0 cm³/mol. The summed E-state index contributed by atoms with van der Waals surface area (Å²) in [6, 6.07) is 13.1. The van der Waals surface area contributed by atoms with Crippen LogP contribution in [0.25, 0.3) is 10.8 Å². The lowest BCUT2D eigenvalue weighted by Gasteiger charge is -2.37. The Morgan fingerprint density at radius 1 is 1.05 bits per heavy atom. The predicted octanol–water partition coefficient (Wildman–Crippen LogP) is 3.78. The van der Waals surface area contributed by atoms with E-state index in [1.54, 1.807) is 0 Å². The third kappa shape index (κ3) is 2.29. The number of fused-ring (bicyclic) bond motifs is 1. The van der Waals surface area contributed by atoms with Gasteiger partial charge in [-0.05, 0) is 35.3 Å². The SMILES string of the molecule is CC1CCN(c2ccc(CN)c3ccccc23)CC1C. The second-order valence-corrected chi connectivity index (χ2v) is 6.18. The van der Waals surface area contributed by atoms with Crippen molar-refractivity contribution >= 4 is 16.5 Å². The average Bonchev–Trinajstić information content (AvgIpc) is 2.49. The summed E-state index contributed by atoms with van der Waals surface area (Å²) >= 11 is 0. The van der Waals surface area contributed by atoms with Gasteiger partial charge in [0, 0.05) is 30.7 Å². The molecule has 0 bridgehead atoms. The van der Waals surface area contributed by atoms with Crippen LogP contribution in [0.4, 0.5) is 5.69 Å². The highest BCUT2D eigenvalue weighted by Gasteiger charge is 2.23. The van der Waals surface area contributed by atoms with Crippen molar-refractivity contribution in [1.82, 2.24) is 0 Å². The second-order valence-electron chi connectivity index (χ2n) is 6.18. The number of hydrogen-bond acceptors (Lipinski definition) is 2. The zero-order valence-corrected chi connectivity index (χ0v) is 12.5. The van der Waals surface area contributed by atoms with Gasteiger partial charge in [-0.15, -0.1) is 0 Å². The van der Waals surface area contributed by atoms with Gasteiger partial charge in [-0.25, -0.2) is 0 Å². The van der Waals surface area contributed by atoms with Crippen LogP contribution in [-0.4, -0.2) is 13.1 Å². The Bertz CT molecular complexity index is 605. The standard InChI is InChI=1S/C18H24N2/c1-13-9-10-20(12-14(13)2)18-8-7-15(11-19)16-5-3-4-6-17(16)18/h3-8,13-14H,9-12,19H2,1-2H3. The summed E-state index contributed by atoms with van der Waals surface area (Å²) < 4.78 is 0. The van der Waals surface area contributed by atoms with Crippen molar-refractivity contribution < 1.29 is 0 Å². The van der Waals surface area contributed by atoms with Gasteiger partial charge < -0.3 is 10.6 Å². The lowest BCUT2D eigenvalue weighted by atomic mass is 9.88. The van der Waals surface area contributed by atoms with E-state index in [1.165, 1.54) is 28.4 Å². The highest BCUT2D eigenvalue weighted by molar-refractivity contribution is 5.96. The number of rotatable bonds is 2. The van der Waals surface area contributed by atoms with E-state index in [9.17, 15) is 0 Å². The second kappa shape index (κ2) is 5.45. The van der Waals surface area contributed by atoms with Crippen LogP contribution in [0.1, 0.15) is 25.8 Å². The number of piperidine rings is 1. The molecule has 1 aliphatic rings. The molecule has 2 atom stereocenters. The van der Waals surface area contributed by atoms with Crippen LogP contribution >= 0.6 is 0 Å². The summed E-state index contributed by atoms with van der Waals surface area (Å²) in [6.07, 6.45) is 1.29. The van der Waals surface area contributed by atoms with E-state index >= 15 is 0 Å². The normalized spacial score (nSPS) is 23.2. The third-order valence-electron chi connectivity index (χ3n) is 4.89. The minimum atomic E-state index is 0.605. The fraction of sp³-hybridized carbons (Fsp3) is 0.444. The van der Waals surface area contributed by atoms with Gasteiger partial charge in [-0.2, -0.15) is 0 Å². The first kappa shape index (κ1) is 13.4. The summed E-state index contributed by atoms with van der Waals surface area (Å²) in [5, 5.41) is 2.65. The smallest absolute Gasteiger partial charge is 0.0446 e. The van der Waals surface area contributed by atoms with Crippen molar-refractivity contribution in [2.75, 3.05) is 18.0 Å². The molecule has 0 saturated carbocycles. The summed E-state index contributed by atoms with van der Waals surface area (Å²) in [6.45, 7) is 7.67. The largest absolute Gasteiger partial charge is 0.371 e. The quantitative estimate of drug-likeness (QED) is 0.898. The first-order chi connectivity index (χ1) is 9.70. The maximum Gasteiger partial charge on any atom is 0.0446 e. The van der Waals surface area contributed by atoms with Gasteiger partial charge in [0.2, 0.25) is 0 Å². The van der Waals surface area contributed by atoms with E-state index in [2.05, 4.69) is 55.1 Å². The third-order valence-corrected chi connectivity index (χ3v) is 4.89. The number of benzene rings is 2.